The third-order valence-electron chi connectivity index (χ3n) is 11.8. The van der Waals surface area contributed by atoms with Gasteiger partial charge in [0.05, 0.1) is 0 Å². The summed E-state index contributed by atoms with van der Waals surface area (Å²) in [5.41, 5.74) is 14.8. The maximum Gasteiger partial charge on any atom is 0.126 e. The predicted octanol–water partition coefficient (Wildman–Crippen LogP) is 15.9. The maximum absolute atomic E-state index is 7.14. The second kappa shape index (κ2) is 21.0. The summed E-state index contributed by atoms with van der Waals surface area (Å²) in [6, 6.07) is 19.6. The van der Waals surface area contributed by atoms with Gasteiger partial charge in [0.1, 0.15) is 48.4 Å². The monoisotopic (exact) mass is 945 g/mol. The van der Waals surface area contributed by atoms with Crippen LogP contribution in [0.2, 0.25) is 0 Å². The third-order valence-corrected chi connectivity index (χ3v) is 14.4. The van der Waals surface area contributed by atoms with Crippen molar-refractivity contribution in [1.29, 1.82) is 0 Å². The van der Waals surface area contributed by atoms with E-state index < -0.39 is 0 Å². The third kappa shape index (κ3) is 13.9. The van der Waals surface area contributed by atoms with E-state index in [0.29, 0.717) is 51.1 Å². The fraction of sp³-hybridized carbons (Fsp3) is 0.571. The normalized spacial score (nSPS) is 13.9. The van der Waals surface area contributed by atoms with Crippen LogP contribution in [-0.2, 0) is 47.3 Å². The second-order valence-electron chi connectivity index (χ2n) is 23.6. The Labute approximate surface area is 396 Å². The van der Waals surface area contributed by atoms with Crippen molar-refractivity contribution in [1.82, 2.24) is 0 Å². The Balaban J connectivity index is 2.04. The molecule has 0 N–H and O–H groups in total. The Morgan fingerprint density at radius 1 is 0.297 bits per heavy atom. The van der Waals surface area contributed by atoms with E-state index >= 15 is 0 Å². The van der Waals surface area contributed by atoms with Crippen LogP contribution in [0.15, 0.2) is 48.5 Å². The van der Waals surface area contributed by atoms with Crippen molar-refractivity contribution in [2.24, 2.45) is 0 Å². The van der Waals surface area contributed by atoms with Gasteiger partial charge in [-0.15, -0.1) is 0 Å². The Bertz CT molecular complexity index is 1830. The largest absolute Gasteiger partial charge is 0.489 e. The fourth-order valence-corrected chi connectivity index (χ4v) is 9.69. The van der Waals surface area contributed by atoms with Gasteiger partial charge in [0.15, 0.2) is 0 Å². The zero-order valence-electron chi connectivity index (χ0n) is 43.7. The van der Waals surface area contributed by atoms with Crippen molar-refractivity contribution in [3.05, 3.63) is 115 Å². The summed E-state index contributed by atoms with van der Waals surface area (Å²) in [5, 5.41) is 0. The molecule has 0 spiro atoms. The average Bonchev–Trinajstić information content (AvgIpc) is 3.13. The highest BCUT2D eigenvalue weighted by Crippen LogP contribution is 2.46. The molecule has 64 heavy (non-hydrogen) atoms. The van der Waals surface area contributed by atoms with Gasteiger partial charge in [0, 0.05) is 25.7 Å². The molecule has 1 aliphatic rings. The molecule has 0 aliphatic heterocycles. The lowest BCUT2D eigenvalue weighted by atomic mass is 9.79. The molecule has 0 amide bonds. The van der Waals surface area contributed by atoms with Crippen molar-refractivity contribution in [2.45, 2.75) is 130 Å². The number of hydrogen-bond acceptors (Lipinski definition) is 4. The van der Waals surface area contributed by atoms with E-state index in [1.807, 2.05) is 0 Å². The molecule has 0 saturated heterocycles. The van der Waals surface area contributed by atoms with Crippen molar-refractivity contribution in [3.63, 3.8) is 0 Å². The smallest absolute Gasteiger partial charge is 0.126 e. The van der Waals surface area contributed by atoms with E-state index in [1.54, 1.807) is 0 Å². The molecule has 8 bridgehead atoms. The van der Waals surface area contributed by atoms with Gasteiger partial charge >= 0.3 is 0 Å². The topological polar surface area (TPSA) is 36.9 Å². The van der Waals surface area contributed by atoms with Gasteiger partial charge in [-0.25, -0.2) is 0 Å². The van der Waals surface area contributed by atoms with Gasteiger partial charge in [0.25, 0.3) is 0 Å². The number of hydrogen-bond donors (Lipinski definition) is 0. The summed E-state index contributed by atoms with van der Waals surface area (Å²) in [5.74, 6) is 4.08. The molecule has 5 rings (SSSR count). The molecule has 352 valence electrons. The van der Waals surface area contributed by atoms with Crippen LogP contribution in [0.25, 0.3) is 0 Å². The van der Waals surface area contributed by atoms with Crippen LogP contribution < -0.4 is 18.9 Å². The van der Waals surface area contributed by atoms with E-state index in [2.05, 4.69) is 185 Å². The van der Waals surface area contributed by atoms with Crippen molar-refractivity contribution >= 4 is 31.7 Å². The molecule has 0 aromatic heterocycles. The minimum Gasteiger partial charge on any atom is -0.489 e. The van der Waals surface area contributed by atoms with Gasteiger partial charge < -0.3 is 18.9 Å². The zero-order chi connectivity index (χ0) is 47.7. The Morgan fingerprint density at radius 3 is 0.547 bits per heavy atom. The highest BCUT2D eigenvalue weighted by Gasteiger charge is 2.30. The van der Waals surface area contributed by atoms with E-state index in [9.17, 15) is 0 Å². The van der Waals surface area contributed by atoms with Crippen LogP contribution in [0.4, 0.5) is 0 Å². The Hall–Kier alpha value is -2.20. The Kier molecular flexibility index (Phi) is 17.3. The van der Waals surface area contributed by atoms with Crippen molar-refractivity contribution in [3.8, 4) is 23.0 Å². The van der Waals surface area contributed by atoms with Crippen molar-refractivity contribution < 1.29 is 18.9 Å². The van der Waals surface area contributed by atoms with Crippen molar-refractivity contribution in [2.75, 3.05) is 78.7 Å². The average molecular weight is 945 g/mol. The number of rotatable bonds is 12. The number of ether oxygens (including phenoxy) is 4. The minimum absolute atomic E-state index is 0.0811. The summed E-state index contributed by atoms with van der Waals surface area (Å²) in [6.07, 6.45) is 5.62. The molecule has 0 radical (unpaired) electrons. The molecule has 1 aliphatic carbocycles. The van der Waals surface area contributed by atoms with Crippen LogP contribution in [0, 0.1) is 0 Å². The van der Waals surface area contributed by atoms with E-state index in [0.717, 1.165) is 23.0 Å². The number of benzene rings is 4. The zero-order valence-corrected chi connectivity index (χ0v) is 47.3. The van der Waals surface area contributed by atoms with Crippen LogP contribution in [-0.4, -0.2) is 78.7 Å². The predicted molar refractivity (Wildman–Crippen MR) is 289 cm³/mol. The maximum atomic E-state index is 7.14. The van der Waals surface area contributed by atoms with Gasteiger partial charge in [-0.05, 0) is 142 Å². The highest BCUT2D eigenvalue weighted by molar-refractivity contribution is 7.56. The molecule has 0 heterocycles. The lowest BCUT2D eigenvalue weighted by Crippen LogP contribution is -2.18. The second-order valence-corrected chi connectivity index (χ2v) is 33.3. The molecule has 4 nitrogen and oxygen atoms in total. The first-order valence-electron chi connectivity index (χ1n) is 23.3. The quantitative estimate of drug-likeness (QED) is 0.117. The van der Waals surface area contributed by atoms with E-state index in [4.69, 9.17) is 18.9 Å². The van der Waals surface area contributed by atoms with Crippen LogP contribution >= 0.6 is 31.7 Å². The van der Waals surface area contributed by atoms with Gasteiger partial charge in [-0.3, -0.25) is 0 Å². The van der Waals surface area contributed by atoms with E-state index in [1.165, 1.54) is 66.8 Å². The molecular formula is C56H84O4P4. The molecule has 0 atom stereocenters. The van der Waals surface area contributed by atoms with Gasteiger partial charge in [-0.2, -0.15) is 0 Å². The van der Waals surface area contributed by atoms with Gasteiger partial charge in [0.2, 0.25) is 0 Å². The summed E-state index contributed by atoms with van der Waals surface area (Å²) < 4.78 is 28.5. The first-order chi connectivity index (χ1) is 29.5. The molecule has 0 unspecified atom stereocenters. The van der Waals surface area contributed by atoms with Gasteiger partial charge in [-0.1, -0.05) is 163 Å². The summed E-state index contributed by atoms with van der Waals surface area (Å²) in [7, 11) is -1.25. The summed E-state index contributed by atoms with van der Waals surface area (Å²) >= 11 is 0. The summed E-state index contributed by atoms with van der Waals surface area (Å²) in [6.45, 7) is 46.6. The molecule has 4 aromatic rings. The lowest BCUT2D eigenvalue weighted by Gasteiger charge is -2.30. The van der Waals surface area contributed by atoms with Crippen LogP contribution in [0.5, 0.6) is 23.0 Å². The highest BCUT2D eigenvalue weighted by atomic mass is 31.1. The molecule has 8 heteroatoms. The first-order valence-corrected chi connectivity index (χ1v) is 32.9. The SMILES string of the molecule is CP(C)COc1c2cc(C(C)(C)C)cc1Cc1cc(C(C)(C)C)cc(c1OCP(C)C)Cc1cc(C(C)(C)C)cc(c1OCP(C)C)Cc1cc(C(C)(C)C)cc(c1OCP(C)C)C2. The lowest BCUT2D eigenvalue weighted by molar-refractivity contribution is 0.370. The molecular weight excluding hydrogens is 861 g/mol. The molecule has 0 fully saturated rings. The number of fused-ring (bicyclic) bond motifs is 8. The summed E-state index contributed by atoms with van der Waals surface area (Å²) in [4.78, 5) is 0. The first kappa shape index (κ1) is 52.8. The van der Waals surface area contributed by atoms with E-state index in [-0.39, 0.29) is 53.3 Å². The molecule has 0 saturated carbocycles. The Morgan fingerprint density at radius 2 is 0.438 bits per heavy atom. The van der Waals surface area contributed by atoms with Crippen LogP contribution in [0.1, 0.15) is 150 Å². The van der Waals surface area contributed by atoms with Crippen LogP contribution in [0.3, 0.4) is 0 Å². The molecule has 4 aromatic carbocycles. The fourth-order valence-electron chi connectivity index (χ4n) is 8.14. The standard InChI is InChI=1S/C56H84O4P4/c1-53(2,3)45-25-37-21-39-27-46(54(4,5)6)29-41(50(39)58-34-62(15)16)23-43-31-48(56(10,11)12)32-44(52(43)60-36-64(19)20)24-42-30-47(55(7,8)9)28-40(51(42)59-35-63(17)18)22-38(26-45)49(37)57-33-61(13)14/h25-32H,21-24,33-36H2,1-20H3. The minimum atomic E-state index is -0.312.